The lowest BCUT2D eigenvalue weighted by atomic mass is 9.98. The van der Waals surface area contributed by atoms with Gasteiger partial charge in [-0.25, -0.2) is 4.68 Å². The summed E-state index contributed by atoms with van der Waals surface area (Å²) >= 11 is 5.69. The van der Waals surface area contributed by atoms with Gasteiger partial charge in [-0.3, -0.25) is 4.90 Å². The lowest BCUT2D eigenvalue weighted by molar-refractivity contribution is 0.208. The molecule has 0 N–H and O–H groups in total. The highest BCUT2D eigenvalue weighted by molar-refractivity contribution is 7.71. The van der Waals surface area contributed by atoms with E-state index in [1.807, 2.05) is 46.6 Å². The van der Waals surface area contributed by atoms with Gasteiger partial charge in [0.1, 0.15) is 0 Å². The highest BCUT2D eigenvalue weighted by Crippen LogP contribution is 2.28. The topological polar surface area (TPSA) is 26.0 Å². The molecular formula is C24H24N4S. The molecular weight excluding hydrogens is 376 g/mol. The zero-order valence-electron chi connectivity index (χ0n) is 16.6. The zero-order valence-corrected chi connectivity index (χ0v) is 17.5. The zero-order chi connectivity index (χ0) is 20.2. The van der Waals surface area contributed by atoms with Gasteiger partial charge in [0.25, 0.3) is 0 Å². The molecule has 0 saturated carbocycles. The molecule has 0 fully saturated rings. The van der Waals surface area contributed by atoms with Crippen molar-refractivity contribution in [2.75, 3.05) is 7.05 Å². The molecule has 29 heavy (non-hydrogen) atoms. The van der Waals surface area contributed by atoms with Crippen LogP contribution in [-0.2, 0) is 13.7 Å². The third-order valence-electron chi connectivity index (χ3n) is 5.10. The van der Waals surface area contributed by atoms with Crippen LogP contribution in [-0.4, -0.2) is 26.3 Å². The molecule has 4 rings (SSSR count). The summed E-state index contributed by atoms with van der Waals surface area (Å²) in [6.45, 7) is 0.591. The molecule has 0 aliphatic heterocycles. The Hall–Kier alpha value is -3.02. The third kappa shape index (κ3) is 4.06. The predicted molar refractivity (Wildman–Crippen MR) is 120 cm³/mol. The van der Waals surface area contributed by atoms with E-state index in [4.69, 9.17) is 17.3 Å². The fourth-order valence-electron chi connectivity index (χ4n) is 3.68. The van der Waals surface area contributed by atoms with E-state index in [0.29, 0.717) is 11.4 Å². The smallest absolute Gasteiger partial charge is 0.199 e. The van der Waals surface area contributed by atoms with E-state index >= 15 is 0 Å². The van der Waals surface area contributed by atoms with Crippen LogP contribution in [0, 0.1) is 4.77 Å². The van der Waals surface area contributed by atoms with Crippen LogP contribution in [0.15, 0.2) is 91.0 Å². The van der Waals surface area contributed by atoms with Crippen LogP contribution < -0.4 is 0 Å². The third-order valence-corrected chi connectivity index (χ3v) is 5.59. The van der Waals surface area contributed by atoms with Crippen molar-refractivity contribution in [2.45, 2.75) is 12.7 Å². The Morgan fingerprint density at radius 3 is 1.83 bits per heavy atom. The molecule has 0 atom stereocenters. The van der Waals surface area contributed by atoms with Crippen molar-refractivity contribution in [1.29, 1.82) is 0 Å². The molecule has 1 heterocycles. The number of hydrogen-bond donors (Lipinski definition) is 0. The number of hydrogen-bond acceptors (Lipinski definition) is 3. The largest absolute Gasteiger partial charge is 0.303 e. The molecule has 0 aliphatic carbocycles. The molecule has 1 aromatic heterocycles. The number of benzene rings is 3. The molecule has 4 aromatic rings. The van der Waals surface area contributed by atoms with Crippen molar-refractivity contribution < 1.29 is 0 Å². The summed E-state index contributed by atoms with van der Waals surface area (Å²) < 4.78 is 4.57. The summed E-state index contributed by atoms with van der Waals surface area (Å²) in [6.07, 6.45) is 0. The Balaban J connectivity index is 1.69. The van der Waals surface area contributed by atoms with Crippen molar-refractivity contribution >= 4 is 12.2 Å². The maximum Gasteiger partial charge on any atom is 0.199 e. The molecule has 5 heteroatoms. The van der Waals surface area contributed by atoms with Crippen molar-refractivity contribution in [3.05, 3.63) is 107 Å². The van der Waals surface area contributed by atoms with Gasteiger partial charge in [-0.15, -0.1) is 0 Å². The highest BCUT2D eigenvalue weighted by Gasteiger charge is 2.20. The van der Waals surface area contributed by atoms with Crippen LogP contribution in [0.3, 0.4) is 0 Å². The molecule has 4 nitrogen and oxygen atoms in total. The van der Waals surface area contributed by atoms with E-state index < -0.39 is 0 Å². The Labute approximate surface area is 176 Å². The molecule has 0 bridgehead atoms. The van der Waals surface area contributed by atoms with Gasteiger partial charge in [0.15, 0.2) is 10.6 Å². The Morgan fingerprint density at radius 1 is 0.828 bits per heavy atom. The van der Waals surface area contributed by atoms with Crippen LogP contribution in [0.4, 0.5) is 0 Å². The van der Waals surface area contributed by atoms with Gasteiger partial charge >= 0.3 is 0 Å². The second-order valence-corrected chi connectivity index (χ2v) is 7.52. The SMILES string of the molecule is CN(Cn1nc(-c2ccccc2)n(C)c1=S)C(c1ccccc1)c1ccccc1. The summed E-state index contributed by atoms with van der Waals surface area (Å²) in [4.78, 5) is 2.28. The van der Waals surface area contributed by atoms with E-state index in [1.54, 1.807) is 0 Å². The van der Waals surface area contributed by atoms with Gasteiger partial charge in [0.05, 0.1) is 12.7 Å². The minimum Gasteiger partial charge on any atom is -0.303 e. The molecule has 3 aromatic carbocycles. The fraction of sp³-hybridized carbons (Fsp3) is 0.167. The fourth-order valence-corrected chi connectivity index (χ4v) is 3.87. The monoisotopic (exact) mass is 400 g/mol. The maximum atomic E-state index is 5.69. The quantitative estimate of drug-likeness (QED) is 0.411. The summed E-state index contributed by atoms with van der Waals surface area (Å²) in [5.41, 5.74) is 3.55. The minimum atomic E-state index is 0.112. The summed E-state index contributed by atoms with van der Waals surface area (Å²) in [6, 6.07) is 31.4. The molecule has 0 saturated heterocycles. The van der Waals surface area contributed by atoms with Gasteiger partial charge in [0, 0.05) is 12.6 Å². The summed E-state index contributed by atoms with van der Waals surface area (Å²) in [7, 11) is 4.09. The standard InChI is InChI=1S/C24H24N4S/c1-26(22(19-12-6-3-7-13-19)20-14-8-4-9-15-20)18-28-24(29)27(2)23(25-28)21-16-10-5-11-17-21/h3-17,22H,18H2,1-2H3. The maximum absolute atomic E-state index is 5.69. The van der Waals surface area contributed by atoms with Crippen molar-refractivity contribution in [3.8, 4) is 11.4 Å². The normalized spacial score (nSPS) is 11.3. The van der Waals surface area contributed by atoms with Crippen LogP contribution >= 0.6 is 12.2 Å². The van der Waals surface area contributed by atoms with E-state index in [1.165, 1.54) is 11.1 Å². The number of rotatable bonds is 6. The van der Waals surface area contributed by atoms with Crippen LogP contribution in [0.1, 0.15) is 17.2 Å². The Kier molecular flexibility index (Phi) is 5.69. The van der Waals surface area contributed by atoms with E-state index in [0.717, 1.165) is 11.4 Å². The van der Waals surface area contributed by atoms with Crippen molar-refractivity contribution in [3.63, 3.8) is 0 Å². The lowest BCUT2D eigenvalue weighted by Crippen LogP contribution is -2.28. The Morgan fingerprint density at radius 2 is 1.31 bits per heavy atom. The molecule has 0 unspecified atom stereocenters. The molecule has 0 radical (unpaired) electrons. The van der Waals surface area contributed by atoms with Gasteiger partial charge in [-0.1, -0.05) is 91.0 Å². The molecule has 146 valence electrons. The van der Waals surface area contributed by atoms with E-state index in [-0.39, 0.29) is 6.04 Å². The second-order valence-electron chi connectivity index (χ2n) is 7.15. The first-order valence-corrected chi connectivity index (χ1v) is 10.1. The van der Waals surface area contributed by atoms with Crippen molar-refractivity contribution in [2.24, 2.45) is 7.05 Å². The van der Waals surface area contributed by atoms with Crippen LogP contribution in [0.5, 0.6) is 0 Å². The minimum absolute atomic E-state index is 0.112. The van der Waals surface area contributed by atoms with Crippen LogP contribution in [0.2, 0.25) is 0 Å². The van der Waals surface area contributed by atoms with Crippen molar-refractivity contribution in [1.82, 2.24) is 19.2 Å². The molecule has 0 spiro atoms. The van der Waals surface area contributed by atoms with Gasteiger partial charge in [-0.05, 0) is 30.4 Å². The number of nitrogens with zero attached hydrogens (tertiary/aromatic N) is 4. The van der Waals surface area contributed by atoms with Crippen LogP contribution in [0.25, 0.3) is 11.4 Å². The van der Waals surface area contributed by atoms with Gasteiger partial charge < -0.3 is 4.57 Å². The first-order chi connectivity index (χ1) is 14.1. The highest BCUT2D eigenvalue weighted by atomic mass is 32.1. The van der Waals surface area contributed by atoms with E-state index in [2.05, 4.69) is 72.6 Å². The lowest BCUT2D eigenvalue weighted by Gasteiger charge is -2.28. The first kappa shape index (κ1) is 19.3. The van der Waals surface area contributed by atoms with Gasteiger partial charge in [0.2, 0.25) is 0 Å². The van der Waals surface area contributed by atoms with E-state index in [9.17, 15) is 0 Å². The van der Waals surface area contributed by atoms with Gasteiger partial charge in [-0.2, -0.15) is 5.10 Å². The Bertz CT molecular complexity index is 1080. The summed E-state index contributed by atoms with van der Waals surface area (Å²) in [5, 5.41) is 4.82. The second kappa shape index (κ2) is 8.55. The molecule has 0 aliphatic rings. The first-order valence-electron chi connectivity index (χ1n) is 9.64. The average Bonchev–Trinajstić information content (AvgIpc) is 3.04. The number of aromatic nitrogens is 3. The molecule has 0 amide bonds. The summed E-state index contributed by atoms with van der Waals surface area (Å²) in [5.74, 6) is 0.875. The predicted octanol–water partition coefficient (Wildman–Crippen LogP) is 5.30. The average molecular weight is 401 g/mol.